The minimum absolute atomic E-state index is 0.124. The largest absolute Gasteiger partial charge is 0.493 e. The van der Waals surface area contributed by atoms with Gasteiger partial charge in [-0.1, -0.05) is 24.3 Å². The van der Waals surface area contributed by atoms with Crippen molar-refractivity contribution < 1.29 is 14.3 Å². The van der Waals surface area contributed by atoms with E-state index in [0.717, 1.165) is 39.1 Å². The number of rotatable bonds is 5. The third-order valence-electron chi connectivity index (χ3n) is 6.02. The molecular weight excluding hydrogens is 408 g/mol. The summed E-state index contributed by atoms with van der Waals surface area (Å²) in [6.07, 6.45) is 3.11. The van der Waals surface area contributed by atoms with Crippen LogP contribution in [-0.2, 0) is 17.6 Å². The van der Waals surface area contributed by atoms with Crippen LogP contribution in [0.15, 0.2) is 60.1 Å². The van der Waals surface area contributed by atoms with Crippen LogP contribution >= 0.6 is 11.3 Å². The smallest absolute Gasteiger partial charge is 0.227 e. The van der Waals surface area contributed by atoms with Gasteiger partial charge in [-0.05, 0) is 52.8 Å². The number of carbonyl (C=O) groups is 1. The first-order valence-corrected chi connectivity index (χ1v) is 11.2. The third kappa shape index (κ3) is 3.47. The van der Waals surface area contributed by atoms with Gasteiger partial charge in [-0.15, -0.1) is 11.3 Å². The Morgan fingerprint density at radius 3 is 2.71 bits per heavy atom. The lowest BCUT2D eigenvalue weighted by molar-refractivity contribution is -0.132. The molecule has 2 aromatic heterocycles. The van der Waals surface area contributed by atoms with Crippen LogP contribution < -0.4 is 9.47 Å². The number of carbonyl (C=O) groups excluding carboxylic acids is 1. The summed E-state index contributed by atoms with van der Waals surface area (Å²) in [6, 6.07) is 16.2. The highest BCUT2D eigenvalue weighted by atomic mass is 32.1. The van der Waals surface area contributed by atoms with E-state index in [-0.39, 0.29) is 11.9 Å². The first-order valence-electron chi connectivity index (χ1n) is 10.3. The molecule has 0 aliphatic carbocycles. The van der Waals surface area contributed by atoms with Crippen LogP contribution in [0.3, 0.4) is 0 Å². The number of nitrogens with one attached hydrogen (secondary N) is 1. The van der Waals surface area contributed by atoms with Crippen molar-refractivity contribution in [2.75, 3.05) is 20.8 Å². The average Bonchev–Trinajstić information content (AvgIpc) is 3.48. The molecule has 0 bridgehead atoms. The lowest BCUT2D eigenvalue weighted by Gasteiger charge is -2.37. The van der Waals surface area contributed by atoms with Crippen molar-refractivity contribution in [1.29, 1.82) is 0 Å². The zero-order valence-corrected chi connectivity index (χ0v) is 18.4. The molecule has 1 amide bonds. The molecule has 31 heavy (non-hydrogen) atoms. The Balaban J connectivity index is 1.53. The molecule has 0 radical (unpaired) electrons. The van der Waals surface area contributed by atoms with Crippen LogP contribution in [0.1, 0.15) is 27.6 Å². The fourth-order valence-electron chi connectivity index (χ4n) is 4.51. The van der Waals surface area contributed by atoms with E-state index in [2.05, 4.69) is 28.6 Å². The Morgan fingerprint density at radius 1 is 1.13 bits per heavy atom. The number of benzene rings is 2. The van der Waals surface area contributed by atoms with Crippen molar-refractivity contribution in [2.45, 2.75) is 18.9 Å². The molecule has 0 fully saturated rings. The van der Waals surface area contributed by atoms with Gasteiger partial charge in [0.15, 0.2) is 11.5 Å². The number of aromatic amines is 1. The molecule has 1 aliphatic heterocycles. The van der Waals surface area contributed by atoms with Gasteiger partial charge < -0.3 is 19.4 Å². The predicted molar refractivity (Wildman–Crippen MR) is 123 cm³/mol. The van der Waals surface area contributed by atoms with Gasteiger partial charge in [0, 0.05) is 28.5 Å². The molecule has 5 rings (SSSR count). The average molecular weight is 433 g/mol. The van der Waals surface area contributed by atoms with Crippen molar-refractivity contribution >= 4 is 28.1 Å². The number of ether oxygens (including phenoxy) is 2. The maximum Gasteiger partial charge on any atom is 0.227 e. The highest BCUT2D eigenvalue weighted by Gasteiger charge is 2.34. The Bertz CT molecular complexity index is 1230. The molecule has 0 unspecified atom stereocenters. The van der Waals surface area contributed by atoms with Crippen LogP contribution in [0.5, 0.6) is 11.5 Å². The first-order chi connectivity index (χ1) is 15.2. The number of hydrogen-bond donors (Lipinski definition) is 1. The number of para-hydroxylation sites is 1. The zero-order chi connectivity index (χ0) is 21.4. The highest BCUT2D eigenvalue weighted by molar-refractivity contribution is 7.10. The molecule has 4 aromatic rings. The Labute approximate surface area is 185 Å². The van der Waals surface area contributed by atoms with Gasteiger partial charge in [-0.2, -0.15) is 0 Å². The highest BCUT2D eigenvalue weighted by Crippen LogP contribution is 2.42. The minimum atomic E-state index is -0.124. The molecular formula is C25H24N2O3S. The summed E-state index contributed by atoms with van der Waals surface area (Å²) < 4.78 is 11.1. The second-order valence-corrected chi connectivity index (χ2v) is 8.68. The van der Waals surface area contributed by atoms with Crippen LogP contribution in [0.4, 0.5) is 0 Å². The Hall–Kier alpha value is -3.25. The molecule has 1 atom stereocenters. The van der Waals surface area contributed by atoms with Crippen molar-refractivity contribution in [3.05, 3.63) is 81.7 Å². The van der Waals surface area contributed by atoms with Gasteiger partial charge in [0.05, 0.1) is 26.7 Å². The predicted octanol–water partition coefficient (Wildman–Crippen LogP) is 4.96. The lowest BCUT2D eigenvalue weighted by atomic mass is 9.90. The summed E-state index contributed by atoms with van der Waals surface area (Å²) in [7, 11) is 3.30. The van der Waals surface area contributed by atoms with E-state index in [1.165, 1.54) is 5.56 Å². The molecule has 3 heterocycles. The number of hydrogen-bond acceptors (Lipinski definition) is 4. The fraction of sp³-hybridized carbons (Fsp3) is 0.240. The number of methoxy groups -OCH3 is 2. The lowest BCUT2D eigenvalue weighted by Crippen LogP contribution is -2.41. The maximum atomic E-state index is 13.6. The van der Waals surface area contributed by atoms with Crippen molar-refractivity contribution in [3.8, 4) is 11.5 Å². The van der Waals surface area contributed by atoms with Crippen LogP contribution in [-0.4, -0.2) is 36.6 Å². The third-order valence-corrected chi connectivity index (χ3v) is 6.95. The van der Waals surface area contributed by atoms with E-state index in [9.17, 15) is 4.79 Å². The monoisotopic (exact) mass is 432 g/mol. The number of H-pyrrole nitrogens is 1. The molecule has 1 N–H and O–H groups in total. The molecule has 0 saturated heterocycles. The number of nitrogens with zero attached hydrogens (tertiary/aromatic N) is 1. The van der Waals surface area contributed by atoms with Crippen LogP contribution in [0.2, 0.25) is 0 Å². The van der Waals surface area contributed by atoms with E-state index in [1.807, 2.05) is 41.4 Å². The van der Waals surface area contributed by atoms with Gasteiger partial charge in [0.1, 0.15) is 0 Å². The van der Waals surface area contributed by atoms with Gasteiger partial charge >= 0.3 is 0 Å². The van der Waals surface area contributed by atoms with E-state index in [1.54, 1.807) is 25.6 Å². The second-order valence-electron chi connectivity index (χ2n) is 7.70. The standard InChI is InChI=1S/C25H24N2O3S/c1-29-21-12-16-9-10-27(24(28)13-17-15-26-20-7-4-3-6-18(17)20)25(23-8-5-11-31-23)19(16)14-22(21)30-2/h3-8,11-12,14-15,25-26H,9-10,13H2,1-2H3/t25-/m0/s1. The summed E-state index contributed by atoms with van der Waals surface area (Å²) in [4.78, 5) is 20.0. The van der Waals surface area contributed by atoms with Gasteiger partial charge in [0.2, 0.25) is 5.91 Å². The van der Waals surface area contributed by atoms with E-state index in [0.29, 0.717) is 18.7 Å². The van der Waals surface area contributed by atoms with E-state index in [4.69, 9.17) is 9.47 Å². The van der Waals surface area contributed by atoms with Gasteiger partial charge in [-0.3, -0.25) is 4.79 Å². The zero-order valence-electron chi connectivity index (χ0n) is 17.6. The van der Waals surface area contributed by atoms with Crippen LogP contribution in [0.25, 0.3) is 10.9 Å². The quantitative estimate of drug-likeness (QED) is 0.485. The van der Waals surface area contributed by atoms with Crippen molar-refractivity contribution in [1.82, 2.24) is 9.88 Å². The molecule has 6 heteroatoms. The summed E-state index contributed by atoms with van der Waals surface area (Å²) in [5, 5.41) is 3.17. The minimum Gasteiger partial charge on any atom is -0.493 e. The second kappa shape index (κ2) is 8.12. The van der Waals surface area contributed by atoms with Crippen molar-refractivity contribution in [2.24, 2.45) is 0 Å². The SMILES string of the molecule is COc1cc2c(cc1OC)[C@@H](c1cccs1)N(C(=O)Cc1c[nH]c3ccccc13)CC2. The molecule has 1 aliphatic rings. The molecule has 158 valence electrons. The van der Waals surface area contributed by atoms with E-state index < -0.39 is 0 Å². The number of aromatic nitrogens is 1. The maximum absolute atomic E-state index is 13.6. The van der Waals surface area contributed by atoms with E-state index >= 15 is 0 Å². The fourth-order valence-corrected chi connectivity index (χ4v) is 5.36. The number of thiophene rings is 1. The number of fused-ring (bicyclic) bond motifs is 2. The Morgan fingerprint density at radius 2 is 1.94 bits per heavy atom. The van der Waals surface area contributed by atoms with Gasteiger partial charge in [0.25, 0.3) is 0 Å². The molecule has 2 aromatic carbocycles. The summed E-state index contributed by atoms with van der Waals surface area (Å²) in [6.45, 7) is 0.673. The van der Waals surface area contributed by atoms with Crippen LogP contribution in [0, 0.1) is 0 Å². The Kier molecular flexibility index (Phi) is 5.16. The molecule has 0 spiro atoms. The molecule has 5 nitrogen and oxygen atoms in total. The normalized spacial score (nSPS) is 15.7. The summed E-state index contributed by atoms with van der Waals surface area (Å²) >= 11 is 1.68. The molecule has 0 saturated carbocycles. The topological polar surface area (TPSA) is 54.6 Å². The summed E-state index contributed by atoms with van der Waals surface area (Å²) in [5.74, 6) is 1.54. The van der Waals surface area contributed by atoms with Crippen molar-refractivity contribution in [3.63, 3.8) is 0 Å². The first kappa shape index (κ1) is 19.7. The number of amides is 1. The summed E-state index contributed by atoms with van der Waals surface area (Å²) in [5.41, 5.74) is 4.40. The van der Waals surface area contributed by atoms with Gasteiger partial charge in [-0.25, -0.2) is 0 Å².